The number of aliphatic hydroxyl groups excluding tert-OH is 1. The molecule has 0 bridgehead atoms. The fourth-order valence-corrected chi connectivity index (χ4v) is 8.25. The molecule has 2 N–H and O–H groups in total. The number of rotatable bonds is 16. The third-order valence-corrected chi connectivity index (χ3v) is 11.0. The van der Waals surface area contributed by atoms with E-state index in [1.54, 1.807) is 0 Å². The average Bonchev–Trinajstić information content (AvgIpc) is 3.82. The van der Waals surface area contributed by atoms with Crippen molar-refractivity contribution >= 4 is 22.2 Å². The Morgan fingerprint density at radius 1 is 1.12 bits per heavy atom. The van der Waals surface area contributed by atoms with Gasteiger partial charge in [0.15, 0.2) is 17.8 Å². The molecule has 2 saturated heterocycles. The summed E-state index contributed by atoms with van der Waals surface area (Å²) in [5, 5.41) is 27.6. The number of nitrogens with one attached hydrogen (secondary N) is 1. The summed E-state index contributed by atoms with van der Waals surface area (Å²) in [6.45, 7) is 6.02. The number of ether oxygens (including phenoxy) is 5. The molecule has 14 nitrogen and oxygen atoms in total. The molecule has 2 aromatic carbocycles. The van der Waals surface area contributed by atoms with Crippen LogP contribution in [0.3, 0.4) is 0 Å². The molecule has 5 rings (SSSR count). The van der Waals surface area contributed by atoms with Crippen LogP contribution in [0.5, 0.6) is 11.5 Å². The first-order chi connectivity index (χ1) is 23.4. The van der Waals surface area contributed by atoms with Gasteiger partial charge < -0.3 is 48.9 Å². The zero-order valence-corrected chi connectivity index (χ0v) is 28.9. The molecule has 0 radical (unpaired) electrons. The van der Waals surface area contributed by atoms with Crippen LogP contribution in [0.25, 0.3) is 0 Å². The van der Waals surface area contributed by atoms with Crippen LogP contribution in [0, 0.1) is 11.3 Å². The SMILES string of the molecule is CCCOC(=O)NCCC(C)(C)CN(C[C@@H](O)[C@H](Cc1ccccc1)N(C(=O)[O-])[C@H]1CO[C@H]2OCC[C@H]21)S(=O)(=O)c1ccc2c(c1)OCO2. The molecule has 5 atom stereocenters. The van der Waals surface area contributed by atoms with Crippen molar-refractivity contribution in [1.29, 1.82) is 0 Å². The summed E-state index contributed by atoms with van der Waals surface area (Å²) in [4.78, 5) is 26.0. The Bertz CT molecular complexity index is 1540. The van der Waals surface area contributed by atoms with Crippen LogP contribution < -0.4 is 19.9 Å². The summed E-state index contributed by atoms with van der Waals surface area (Å²) < 4.78 is 57.3. The molecule has 49 heavy (non-hydrogen) atoms. The third-order valence-electron chi connectivity index (χ3n) is 9.15. The largest absolute Gasteiger partial charge is 0.530 e. The Kier molecular flexibility index (Phi) is 11.9. The molecule has 0 aromatic heterocycles. The van der Waals surface area contributed by atoms with Crippen molar-refractivity contribution in [2.24, 2.45) is 11.3 Å². The van der Waals surface area contributed by atoms with Crippen molar-refractivity contribution in [3.8, 4) is 11.5 Å². The first kappa shape index (κ1) is 36.6. The molecule has 0 saturated carbocycles. The highest BCUT2D eigenvalue weighted by Crippen LogP contribution is 2.38. The van der Waals surface area contributed by atoms with Gasteiger partial charge in [-0.1, -0.05) is 51.1 Å². The van der Waals surface area contributed by atoms with Gasteiger partial charge in [-0.3, -0.25) is 0 Å². The van der Waals surface area contributed by atoms with Crippen LogP contribution in [0.4, 0.5) is 9.59 Å². The number of sulfonamides is 1. The molecule has 15 heteroatoms. The number of carbonyl (C=O) groups excluding carboxylic acids is 2. The maximum Gasteiger partial charge on any atom is 0.407 e. The minimum absolute atomic E-state index is 0.0417. The molecular weight excluding hydrogens is 658 g/mol. The van der Waals surface area contributed by atoms with E-state index in [4.69, 9.17) is 23.7 Å². The fourth-order valence-electron chi connectivity index (χ4n) is 6.59. The lowest BCUT2D eigenvalue weighted by molar-refractivity contribution is -0.273. The van der Waals surface area contributed by atoms with E-state index >= 15 is 0 Å². The van der Waals surface area contributed by atoms with Crippen molar-refractivity contribution in [2.45, 2.75) is 75.8 Å². The van der Waals surface area contributed by atoms with Crippen LogP contribution >= 0.6 is 0 Å². The fraction of sp³-hybridized carbons (Fsp3) is 0.588. The number of carbonyl (C=O) groups is 2. The number of hydrogen-bond donors (Lipinski definition) is 2. The highest BCUT2D eigenvalue weighted by atomic mass is 32.2. The van der Waals surface area contributed by atoms with E-state index in [0.717, 1.165) is 10.5 Å². The summed E-state index contributed by atoms with van der Waals surface area (Å²) in [6, 6.07) is 11.6. The predicted octanol–water partition coefficient (Wildman–Crippen LogP) is 2.34. The standard InChI is InChI=1S/C34H47N3O11S/c1-4-15-45-32(39)35-14-13-34(2,3)21-36(49(42,43)24-10-11-29-30(18-24)48-22-47-29)19-28(38)26(17-23-8-6-5-7-9-23)37(33(40)41)27-20-46-31-25(27)12-16-44-31/h5-11,18,25-28,31,38H,4,12-17,19-22H2,1-3H3,(H,35,39)(H,40,41)/p-1/t25-,26-,27-,28+,31+/m0/s1. The number of amides is 2. The van der Waals surface area contributed by atoms with Crippen molar-refractivity contribution < 1.29 is 51.9 Å². The van der Waals surface area contributed by atoms with Gasteiger partial charge in [0.1, 0.15) is 6.09 Å². The lowest BCUT2D eigenvalue weighted by Crippen LogP contribution is -2.61. The molecule has 3 aliphatic heterocycles. The molecule has 0 aliphatic carbocycles. The Morgan fingerprint density at radius 3 is 2.61 bits per heavy atom. The van der Waals surface area contributed by atoms with Crippen LogP contribution in [-0.2, 0) is 30.7 Å². The van der Waals surface area contributed by atoms with Gasteiger partial charge in [-0.15, -0.1) is 0 Å². The van der Waals surface area contributed by atoms with Crippen molar-refractivity contribution in [2.75, 3.05) is 46.2 Å². The molecule has 0 unspecified atom stereocenters. The van der Waals surface area contributed by atoms with E-state index in [-0.39, 0.29) is 56.1 Å². The Morgan fingerprint density at radius 2 is 1.88 bits per heavy atom. The second-order valence-corrected chi connectivity index (χ2v) is 15.3. The van der Waals surface area contributed by atoms with Crippen LogP contribution in [-0.4, -0.2) is 106 Å². The summed E-state index contributed by atoms with van der Waals surface area (Å²) in [7, 11) is -4.29. The van der Waals surface area contributed by atoms with E-state index in [0.29, 0.717) is 31.6 Å². The number of nitrogens with zero attached hydrogens (tertiary/aromatic N) is 2. The van der Waals surface area contributed by atoms with Crippen LogP contribution in [0.2, 0.25) is 0 Å². The number of benzene rings is 2. The van der Waals surface area contributed by atoms with Crippen molar-refractivity contribution in [1.82, 2.24) is 14.5 Å². The number of fused-ring (bicyclic) bond motifs is 2. The van der Waals surface area contributed by atoms with Crippen molar-refractivity contribution in [3.05, 3.63) is 54.1 Å². The Hall–Kier alpha value is -3.63. The van der Waals surface area contributed by atoms with Crippen molar-refractivity contribution in [3.63, 3.8) is 0 Å². The smallest absolute Gasteiger partial charge is 0.407 e. The molecule has 3 heterocycles. The first-order valence-corrected chi connectivity index (χ1v) is 18.1. The topological polar surface area (TPSA) is 176 Å². The summed E-state index contributed by atoms with van der Waals surface area (Å²) >= 11 is 0. The minimum atomic E-state index is -4.29. The second-order valence-electron chi connectivity index (χ2n) is 13.4. The minimum Gasteiger partial charge on any atom is -0.530 e. The van der Waals surface area contributed by atoms with Gasteiger partial charge >= 0.3 is 6.09 Å². The van der Waals surface area contributed by atoms with E-state index < -0.39 is 58.6 Å². The van der Waals surface area contributed by atoms with E-state index in [1.165, 1.54) is 22.5 Å². The van der Waals surface area contributed by atoms with Gasteiger partial charge in [0.2, 0.25) is 16.8 Å². The Labute approximate surface area is 287 Å². The maximum absolute atomic E-state index is 14.4. The number of carboxylic acid groups (broad SMARTS) is 1. The monoisotopic (exact) mass is 704 g/mol. The third kappa shape index (κ3) is 8.94. The zero-order chi connectivity index (χ0) is 35.2. The van der Waals surface area contributed by atoms with Gasteiger partial charge in [0.05, 0.1) is 42.9 Å². The highest BCUT2D eigenvalue weighted by Gasteiger charge is 2.47. The lowest BCUT2D eigenvalue weighted by Gasteiger charge is -2.43. The summed E-state index contributed by atoms with van der Waals surface area (Å²) in [5.41, 5.74) is 0.0418. The number of hydrogen-bond acceptors (Lipinski definition) is 11. The van der Waals surface area contributed by atoms with E-state index in [2.05, 4.69) is 5.32 Å². The number of alkyl carbamates (subject to hydrolysis) is 1. The van der Waals surface area contributed by atoms with E-state index in [9.17, 15) is 28.2 Å². The molecule has 270 valence electrons. The molecule has 2 amide bonds. The highest BCUT2D eigenvalue weighted by molar-refractivity contribution is 7.89. The Balaban J connectivity index is 1.45. The maximum atomic E-state index is 14.4. The van der Waals surface area contributed by atoms with Gasteiger partial charge in [-0.05, 0) is 48.8 Å². The lowest BCUT2D eigenvalue weighted by atomic mass is 9.89. The molecule has 2 fully saturated rings. The summed E-state index contributed by atoms with van der Waals surface area (Å²) in [5.74, 6) is 0.426. The van der Waals surface area contributed by atoms with Gasteiger partial charge in [-0.25, -0.2) is 13.2 Å². The molecule has 0 spiro atoms. The average molecular weight is 705 g/mol. The second kappa shape index (κ2) is 15.9. The molecular formula is C34H46N3O11S-. The normalized spacial score (nSPS) is 21.3. The first-order valence-electron chi connectivity index (χ1n) is 16.6. The van der Waals surface area contributed by atoms with Crippen LogP contribution in [0.1, 0.15) is 45.6 Å². The predicted molar refractivity (Wildman–Crippen MR) is 174 cm³/mol. The quantitative estimate of drug-likeness (QED) is 0.262. The van der Waals surface area contributed by atoms with Crippen LogP contribution in [0.15, 0.2) is 53.4 Å². The zero-order valence-electron chi connectivity index (χ0n) is 28.1. The summed E-state index contributed by atoms with van der Waals surface area (Å²) in [6.07, 6.45) is -2.38. The van der Waals surface area contributed by atoms with Gasteiger partial charge in [0.25, 0.3) is 0 Å². The number of aliphatic hydroxyl groups is 1. The molecule has 3 aliphatic rings. The van der Waals surface area contributed by atoms with E-state index in [1.807, 2.05) is 51.1 Å². The van der Waals surface area contributed by atoms with Gasteiger partial charge in [0, 0.05) is 31.6 Å². The molecule has 2 aromatic rings. The van der Waals surface area contributed by atoms with Gasteiger partial charge in [-0.2, -0.15) is 4.31 Å².